The number of hydrogen-bond donors (Lipinski definition) is 2. The predicted octanol–water partition coefficient (Wildman–Crippen LogP) is 3.00. The van der Waals surface area contributed by atoms with Crippen molar-refractivity contribution < 1.29 is 0 Å². The van der Waals surface area contributed by atoms with E-state index in [0.29, 0.717) is 0 Å². The zero-order chi connectivity index (χ0) is 10.8. The molecular formula is C12H17N3. The Morgan fingerprint density at radius 3 is 2.87 bits per heavy atom. The maximum Gasteiger partial charge on any atom is 0.112 e. The average Bonchev–Trinajstić information content (AvgIpc) is 2.54. The SMILES string of the molecule is CCCNc1cc(C)cc2[nH]c(C)nc12. The number of rotatable bonds is 3. The molecule has 2 rings (SSSR count). The van der Waals surface area contributed by atoms with Gasteiger partial charge in [0.25, 0.3) is 0 Å². The molecule has 2 N–H and O–H groups in total. The van der Waals surface area contributed by atoms with Crippen LogP contribution in [0.2, 0.25) is 0 Å². The number of H-pyrrole nitrogens is 1. The van der Waals surface area contributed by atoms with Gasteiger partial charge in [0.2, 0.25) is 0 Å². The van der Waals surface area contributed by atoms with E-state index in [-0.39, 0.29) is 0 Å². The van der Waals surface area contributed by atoms with Gasteiger partial charge in [-0.2, -0.15) is 0 Å². The van der Waals surface area contributed by atoms with Crippen LogP contribution in [0.3, 0.4) is 0 Å². The molecule has 0 spiro atoms. The molecule has 0 saturated heterocycles. The van der Waals surface area contributed by atoms with E-state index in [0.717, 1.165) is 35.5 Å². The van der Waals surface area contributed by atoms with Crippen LogP contribution in [-0.2, 0) is 0 Å². The molecule has 0 radical (unpaired) electrons. The lowest BCUT2D eigenvalue weighted by Gasteiger charge is -2.06. The van der Waals surface area contributed by atoms with Gasteiger partial charge in [-0.1, -0.05) is 6.92 Å². The summed E-state index contributed by atoms with van der Waals surface area (Å²) in [6, 6.07) is 4.28. The third-order valence-corrected chi connectivity index (χ3v) is 2.41. The van der Waals surface area contributed by atoms with E-state index in [1.54, 1.807) is 0 Å². The van der Waals surface area contributed by atoms with Crippen LogP contribution in [-0.4, -0.2) is 16.5 Å². The van der Waals surface area contributed by atoms with Gasteiger partial charge in [-0.3, -0.25) is 0 Å². The van der Waals surface area contributed by atoms with E-state index in [1.165, 1.54) is 5.56 Å². The van der Waals surface area contributed by atoms with Gasteiger partial charge in [-0.25, -0.2) is 4.98 Å². The number of aryl methyl sites for hydroxylation is 2. The molecule has 1 aromatic carbocycles. The molecule has 0 bridgehead atoms. The topological polar surface area (TPSA) is 40.7 Å². The van der Waals surface area contributed by atoms with Gasteiger partial charge in [-0.15, -0.1) is 0 Å². The van der Waals surface area contributed by atoms with E-state index in [9.17, 15) is 0 Å². The number of aromatic amines is 1. The van der Waals surface area contributed by atoms with Crippen LogP contribution in [0.5, 0.6) is 0 Å². The molecular weight excluding hydrogens is 186 g/mol. The fraction of sp³-hybridized carbons (Fsp3) is 0.417. The van der Waals surface area contributed by atoms with Crippen molar-refractivity contribution in [1.29, 1.82) is 0 Å². The molecule has 2 aromatic rings. The first kappa shape index (κ1) is 10.0. The Morgan fingerprint density at radius 2 is 2.13 bits per heavy atom. The maximum atomic E-state index is 4.49. The third-order valence-electron chi connectivity index (χ3n) is 2.41. The molecule has 0 aliphatic rings. The summed E-state index contributed by atoms with van der Waals surface area (Å²) in [7, 11) is 0. The number of nitrogens with one attached hydrogen (secondary N) is 2. The van der Waals surface area contributed by atoms with Crippen LogP contribution < -0.4 is 5.32 Å². The molecule has 3 nitrogen and oxygen atoms in total. The standard InChI is InChI=1S/C12H17N3/c1-4-5-13-10-6-8(2)7-11-12(10)15-9(3)14-11/h6-7,13H,4-5H2,1-3H3,(H,14,15). The van der Waals surface area contributed by atoms with E-state index in [2.05, 4.69) is 41.3 Å². The molecule has 0 saturated carbocycles. The molecule has 1 aromatic heterocycles. The molecule has 0 atom stereocenters. The fourth-order valence-electron chi connectivity index (χ4n) is 1.78. The Kier molecular flexibility index (Phi) is 2.62. The Hall–Kier alpha value is -1.51. The van der Waals surface area contributed by atoms with Gasteiger partial charge in [0.15, 0.2) is 0 Å². The van der Waals surface area contributed by atoms with Crippen molar-refractivity contribution >= 4 is 16.7 Å². The lowest BCUT2D eigenvalue weighted by molar-refractivity contribution is 0.980. The van der Waals surface area contributed by atoms with Crippen molar-refractivity contribution in [3.8, 4) is 0 Å². The number of aromatic nitrogens is 2. The normalized spacial score (nSPS) is 10.9. The monoisotopic (exact) mass is 203 g/mol. The summed E-state index contributed by atoms with van der Waals surface area (Å²) in [5.41, 5.74) is 4.55. The third kappa shape index (κ3) is 1.96. The molecule has 1 heterocycles. The summed E-state index contributed by atoms with van der Waals surface area (Å²) in [5, 5.41) is 3.41. The minimum atomic E-state index is 0.968. The van der Waals surface area contributed by atoms with Crippen LogP contribution in [0.1, 0.15) is 24.7 Å². The second kappa shape index (κ2) is 3.93. The smallest absolute Gasteiger partial charge is 0.112 e. The lowest BCUT2D eigenvalue weighted by atomic mass is 10.2. The Morgan fingerprint density at radius 1 is 1.33 bits per heavy atom. The van der Waals surface area contributed by atoms with E-state index in [4.69, 9.17) is 0 Å². The van der Waals surface area contributed by atoms with E-state index < -0.39 is 0 Å². The first-order valence-electron chi connectivity index (χ1n) is 5.41. The van der Waals surface area contributed by atoms with Crippen LogP contribution in [0.4, 0.5) is 5.69 Å². The molecule has 3 heteroatoms. The molecule has 0 aliphatic carbocycles. The Labute approximate surface area is 89.9 Å². The average molecular weight is 203 g/mol. The highest BCUT2D eigenvalue weighted by atomic mass is 15.0. The molecule has 0 aliphatic heterocycles. The van der Waals surface area contributed by atoms with E-state index in [1.807, 2.05) is 6.92 Å². The van der Waals surface area contributed by atoms with Gasteiger partial charge in [0, 0.05) is 6.54 Å². The number of anilines is 1. The zero-order valence-electron chi connectivity index (χ0n) is 9.52. The number of imidazole rings is 1. The summed E-state index contributed by atoms with van der Waals surface area (Å²) in [6.07, 6.45) is 1.12. The number of benzene rings is 1. The zero-order valence-corrected chi connectivity index (χ0v) is 9.52. The minimum Gasteiger partial charge on any atom is -0.383 e. The van der Waals surface area contributed by atoms with Crippen LogP contribution in [0.15, 0.2) is 12.1 Å². The van der Waals surface area contributed by atoms with Gasteiger partial charge in [0.05, 0.1) is 11.2 Å². The van der Waals surface area contributed by atoms with Crippen LogP contribution in [0.25, 0.3) is 11.0 Å². The summed E-state index contributed by atoms with van der Waals surface area (Å²) < 4.78 is 0. The summed E-state index contributed by atoms with van der Waals surface area (Å²) >= 11 is 0. The van der Waals surface area contributed by atoms with Gasteiger partial charge in [0.1, 0.15) is 11.3 Å². The van der Waals surface area contributed by atoms with Crippen molar-refractivity contribution in [3.63, 3.8) is 0 Å². The highest BCUT2D eigenvalue weighted by molar-refractivity contribution is 5.89. The van der Waals surface area contributed by atoms with Gasteiger partial charge >= 0.3 is 0 Å². The van der Waals surface area contributed by atoms with Gasteiger partial charge in [-0.05, 0) is 38.0 Å². The summed E-state index contributed by atoms with van der Waals surface area (Å²) in [4.78, 5) is 7.75. The van der Waals surface area contributed by atoms with Crippen molar-refractivity contribution in [2.24, 2.45) is 0 Å². The molecule has 80 valence electrons. The quantitative estimate of drug-likeness (QED) is 0.805. The van der Waals surface area contributed by atoms with Crippen LogP contribution in [0, 0.1) is 13.8 Å². The fourth-order valence-corrected chi connectivity index (χ4v) is 1.78. The number of nitrogens with zero attached hydrogens (tertiary/aromatic N) is 1. The van der Waals surface area contributed by atoms with Crippen molar-refractivity contribution in [1.82, 2.24) is 9.97 Å². The van der Waals surface area contributed by atoms with Crippen molar-refractivity contribution in [2.75, 3.05) is 11.9 Å². The lowest BCUT2D eigenvalue weighted by Crippen LogP contribution is -2.00. The summed E-state index contributed by atoms with van der Waals surface area (Å²) in [5.74, 6) is 0.968. The highest BCUT2D eigenvalue weighted by Gasteiger charge is 2.05. The highest BCUT2D eigenvalue weighted by Crippen LogP contribution is 2.23. The largest absolute Gasteiger partial charge is 0.383 e. The number of fused-ring (bicyclic) bond motifs is 1. The molecule has 0 unspecified atom stereocenters. The van der Waals surface area contributed by atoms with Gasteiger partial charge < -0.3 is 10.3 Å². The first-order valence-corrected chi connectivity index (χ1v) is 5.41. The maximum absolute atomic E-state index is 4.49. The Bertz CT molecular complexity index is 471. The van der Waals surface area contributed by atoms with Crippen molar-refractivity contribution in [2.45, 2.75) is 27.2 Å². The van der Waals surface area contributed by atoms with Crippen LogP contribution >= 0.6 is 0 Å². The number of hydrogen-bond acceptors (Lipinski definition) is 2. The minimum absolute atomic E-state index is 0.968. The first-order chi connectivity index (χ1) is 7.20. The molecule has 0 fully saturated rings. The molecule has 0 amide bonds. The van der Waals surface area contributed by atoms with E-state index >= 15 is 0 Å². The second-order valence-corrected chi connectivity index (χ2v) is 3.96. The van der Waals surface area contributed by atoms with Crippen molar-refractivity contribution in [3.05, 3.63) is 23.5 Å². The molecule has 15 heavy (non-hydrogen) atoms. The Balaban J connectivity index is 2.50. The predicted molar refractivity (Wildman–Crippen MR) is 64.3 cm³/mol. The summed E-state index contributed by atoms with van der Waals surface area (Å²) in [6.45, 7) is 7.24. The second-order valence-electron chi connectivity index (χ2n) is 3.96.